The third-order valence-corrected chi connectivity index (χ3v) is 4.36. The summed E-state index contributed by atoms with van der Waals surface area (Å²) >= 11 is 0. The van der Waals surface area contributed by atoms with Crippen molar-refractivity contribution in [1.82, 2.24) is 15.6 Å². The van der Waals surface area contributed by atoms with Crippen LogP contribution in [-0.4, -0.2) is 11.0 Å². The minimum Gasteiger partial charge on any atom is -0.334 e. The van der Waals surface area contributed by atoms with Gasteiger partial charge in [-0.1, -0.05) is 24.3 Å². The Bertz CT molecular complexity index is 795. The number of urea groups is 1. The lowest BCUT2D eigenvalue weighted by molar-refractivity contribution is 0.236. The van der Waals surface area contributed by atoms with Crippen molar-refractivity contribution in [3.8, 4) is 0 Å². The molecule has 0 spiro atoms. The molecule has 2 aromatic rings. The van der Waals surface area contributed by atoms with Gasteiger partial charge in [-0.15, -0.1) is 0 Å². The topological polar surface area (TPSA) is 74.0 Å². The second kappa shape index (κ2) is 6.28. The van der Waals surface area contributed by atoms with E-state index in [1.807, 2.05) is 32.0 Å². The van der Waals surface area contributed by atoms with Crippen LogP contribution >= 0.6 is 0 Å². The highest BCUT2D eigenvalue weighted by molar-refractivity contribution is 5.74. The number of H-pyrrole nitrogens is 1. The van der Waals surface area contributed by atoms with Gasteiger partial charge in [-0.05, 0) is 49.4 Å². The molecule has 120 valence electrons. The standard InChI is InChI=1S/C18H21N3O2/c1-11-9-12(2)20-17(22)15(11)10-19-18(23)21-16-8-7-13-5-3-4-6-14(13)16/h3-6,9,16H,7-8,10H2,1-2H3,(H,20,22)(H2,19,21,23). The number of pyridine rings is 1. The number of hydrogen-bond donors (Lipinski definition) is 3. The molecule has 0 saturated carbocycles. The summed E-state index contributed by atoms with van der Waals surface area (Å²) in [5.74, 6) is 0. The van der Waals surface area contributed by atoms with Gasteiger partial charge in [0.05, 0.1) is 12.6 Å². The van der Waals surface area contributed by atoms with Crippen LogP contribution in [0.5, 0.6) is 0 Å². The predicted molar refractivity (Wildman–Crippen MR) is 89.4 cm³/mol. The van der Waals surface area contributed by atoms with E-state index in [1.165, 1.54) is 11.1 Å². The minimum atomic E-state index is -0.244. The van der Waals surface area contributed by atoms with Gasteiger partial charge >= 0.3 is 6.03 Å². The minimum absolute atomic E-state index is 0.0450. The quantitative estimate of drug-likeness (QED) is 0.814. The van der Waals surface area contributed by atoms with Crippen molar-refractivity contribution in [3.05, 3.63) is 68.6 Å². The summed E-state index contributed by atoms with van der Waals surface area (Å²) < 4.78 is 0. The number of nitrogens with one attached hydrogen (secondary N) is 3. The van der Waals surface area contributed by atoms with Crippen LogP contribution in [-0.2, 0) is 13.0 Å². The van der Waals surface area contributed by atoms with Crippen molar-refractivity contribution >= 4 is 6.03 Å². The smallest absolute Gasteiger partial charge is 0.315 e. The van der Waals surface area contributed by atoms with Crippen molar-refractivity contribution < 1.29 is 4.79 Å². The third-order valence-electron chi connectivity index (χ3n) is 4.36. The molecule has 1 aliphatic carbocycles. The van der Waals surface area contributed by atoms with E-state index in [2.05, 4.69) is 27.8 Å². The van der Waals surface area contributed by atoms with Crippen LogP contribution in [0.25, 0.3) is 0 Å². The zero-order chi connectivity index (χ0) is 16.4. The zero-order valence-corrected chi connectivity index (χ0v) is 13.4. The van der Waals surface area contributed by atoms with E-state index >= 15 is 0 Å². The molecule has 1 aromatic heterocycles. The molecular weight excluding hydrogens is 290 g/mol. The van der Waals surface area contributed by atoms with Gasteiger partial charge in [-0.2, -0.15) is 0 Å². The first-order chi connectivity index (χ1) is 11.0. The van der Waals surface area contributed by atoms with Crippen LogP contribution in [0.1, 0.15) is 40.4 Å². The average Bonchev–Trinajstić information content (AvgIpc) is 2.89. The number of fused-ring (bicyclic) bond motifs is 1. The van der Waals surface area contributed by atoms with Crippen molar-refractivity contribution in [3.63, 3.8) is 0 Å². The number of benzene rings is 1. The zero-order valence-electron chi connectivity index (χ0n) is 13.4. The summed E-state index contributed by atoms with van der Waals surface area (Å²) in [6.45, 7) is 3.95. The Morgan fingerprint density at radius 3 is 2.87 bits per heavy atom. The molecule has 0 aliphatic heterocycles. The van der Waals surface area contributed by atoms with Gasteiger partial charge in [0.15, 0.2) is 0 Å². The normalized spacial score (nSPS) is 16.0. The fourth-order valence-corrected chi connectivity index (χ4v) is 3.19. The monoisotopic (exact) mass is 311 g/mol. The van der Waals surface area contributed by atoms with Gasteiger partial charge in [0.1, 0.15) is 0 Å². The molecule has 1 atom stereocenters. The first kappa shape index (κ1) is 15.3. The molecule has 0 fully saturated rings. The second-order valence-electron chi connectivity index (χ2n) is 6.06. The summed E-state index contributed by atoms with van der Waals surface area (Å²) in [4.78, 5) is 26.9. The van der Waals surface area contributed by atoms with Gasteiger partial charge in [0, 0.05) is 11.3 Å². The first-order valence-corrected chi connectivity index (χ1v) is 7.86. The molecule has 3 rings (SSSR count). The second-order valence-corrected chi connectivity index (χ2v) is 6.06. The molecule has 1 aliphatic rings. The van der Waals surface area contributed by atoms with E-state index in [-0.39, 0.29) is 24.2 Å². The molecule has 0 bridgehead atoms. The average molecular weight is 311 g/mol. The fourth-order valence-electron chi connectivity index (χ4n) is 3.19. The molecule has 5 heteroatoms. The van der Waals surface area contributed by atoms with Gasteiger partial charge < -0.3 is 15.6 Å². The van der Waals surface area contributed by atoms with Crippen molar-refractivity contribution in [2.24, 2.45) is 0 Å². The maximum Gasteiger partial charge on any atom is 0.315 e. The summed E-state index contributed by atoms with van der Waals surface area (Å²) in [5, 5.41) is 5.78. The summed E-state index contributed by atoms with van der Waals surface area (Å²) in [5.41, 5.74) is 4.64. The molecule has 1 aromatic carbocycles. The van der Waals surface area contributed by atoms with Crippen LogP contribution in [0.15, 0.2) is 35.1 Å². The lowest BCUT2D eigenvalue weighted by Crippen LogP contribution is -2.38. The van der Waals surface area contributed by atoms with Crippen LogP contribution in [0.4, 0.5) is 4.79 Å². The van der Waals surface area contributed by atoms with Crippen LogP contribution in [0, 0.1) is 13.8 Å². The molecule has 0 saturated heterocycles. The lowest BCUT2D eigenvalue weighted by atomic mass is 10.1. The van der Waals surface area contributed by atoms with Gasteiger partial charge in [0.2, 0.25) is 0 Å². The van der Waals surface area contributed by atoms with E-state index in [1.54, 1.807) is 0 Å². The van der Waals surface area contributed by atoms with Gasteiger partial charge in [0.25, 0.3) is 5.56 Å². The molecule has 1 unspecified atom stereocenters. The number of carbonyl (C=O) groups excluding carboxylic acids is 1. The molecule has 2 amide bonds. The number of aromatic amines is 1. The SMILES string of the molecule is Cc1cc(C)c(CNC(=O)NC2CCc3ccccc32)c(=O)[nH]1. The number of hydrogen-bond acceptors (Lipinski definition) is 2. The molecule has 0 radical (unpaired) electrons. The molecule has 5 nitrogen and oxygen atoms in total. The van der Waals surface area contributed by atoms with Crippen LogP contribution in [0.3, 0.4) is 0 Å². The Hall–Kier alpha value is -2.56. The number of carbonyl (C=O) groups is 1. The van der Waals surface area contributed by atoms with E-state index in [0.717, 1.165) is 24.1 Å². The molecule has 3 N–H and O–H groups in total. The highest BCUT2D eigenvalue weighted by Crippen LogP contribution is 2.30. The highest BCUT2D eigenvalue weighted by atomic mass is 16.2. The first-order valence-electron chi connectivity index (χ1n) is 7.86. The number of rotatable bonds is 3. The Balaban J connectivity index is 1.62. The van der Waals surface area contributed by atoms with E-state index in [0.29, 0.717) is 5.56 Å². The van der Waals surface area contributed by atoms with Gasteiger partial charge in [-0.25, -0.2) is 4.79 Å². The third kappa shape index (κ3) is 3.28. The van der Waals surface area contributed by atoms with E-state index < -0.39 is 0 Å². The molecular formula is C18H21N3O2. The lowest BCUT2D eigenvalue weighted by Gasteiger charge is -2.15. The van der Waals surface area contributed by atoms with Gasteiger partial charge in [-0.3, -0.25) is 4.79 Å². The Kier molecular flexibility index (Phi) is 4.19. The maximum atomic E-state index is 12.1. The van der Waals surface area contributed by atoms with Crippen LogP contribution in [0.2, 0.25) is 0 Å². The fraction of sp³-hybridized carbons (Fsp3) is 0.333. The number of amides is 2. The summed E-state index contributed by atoms with van der Waals surface area (Å²) in [7, 11) is 0. The van der Waals surface area contributed by atoms with Crippen molar-refractivity contribution in [2.45, 2.75) is 39.3 Å². The predicted octanol–water partition coefficient (Wildman–Crippen LogP) is 2.48. The highest BCUT2D eigenvalue weighted by Gasteiger charge is 2.23. The Labute approximate surface area is 135 Å². The molecule has 1 heterocycles. The van der Waals surface area contributed by atoms with Crippen molar-refractivity contribution in [2.75, 3.05) is 0 Å². The largest absolute Gasteiger partial charge is 0.334 e. The number of aryl methyl sites for hydroxylation is 3. The Morgan fingerprint density at radius 2 is 2.09 bits per heavy atom. The number of aromatic nitrogens is 1. The van der Waals surface area contributed by atoms with Crippen LogP contribution < -0.4 is 16.2 Å². The maximum absolute atomic E-state index is 12.1. The summed E-state index contributed by atoms with van der Waals surface area (Å²) in [6.07, 6.45) is 1.90. The van der Waals surface area contributed by atoms with E-state index in [9.17, 15) is 9.59 Å². The molecule has 23 heavy (non-hydrogen) atoms. The van der Waals surface area contributed by atoms with Crippen molar-refractivity contribution in [1.29, 1.82) is 0 Å². The Morgan fingerprint density at radius 1 is 1.30 bits per heavy atom. The summed E-state index contributed by atoms with van der Waals surface area (Å²) in [6, 6.07) is 9.88. The van der Waals surface area contributed by atoms with E-state index in [4.69, 9.17) is 0 Å².